The van der Waals surface area contributed by atoms with E-state index in [1.54, 1.807) is 6.92 Å². The van der Waals surface area contributed by atoms with E-state index in [0.29, 0.717) is 12.8 Å². The van der Waals surface area contributed by atoms with Crippen molar-refractivity contribution in [3.05, 3.63) is 72.9 Å². The molecule has 1 N–H and O–H groups in total. The molecular formula is C69H100O15. The maximum absolute atomic E-state index is 12.4. The zero-order chi connectivity index (χ0) is 60.6. The largest absolute Gasteiger partial charge is 0.481 e. The van der Waals surface area contributed by atoms with Gasteiger partial charge in [0.1, 0.15) is 12.7 Å². The van der Waals surface area contributed by atoms with Crippen LogP contribution in [0, 0.1) is 71.0 Å². The summed E-state index contributed by atoms with van der Waals surface area (Å²) >= 11 is 0. The second kappa shape index (κ2) is 38.3. The highest BCUT2D eigenvalue weighted by molar-refractivity contribution is 5.99. The molecule has 0 aromatic rings. The summed E-state index contributed by atoms with van der Waals surface area (Å²) in [7, 11) is 0. The Labute approximate surface area is 500 Å². The number of carbonyl (C=O) groups is 9. The van der Waals surface area contributed by atoms with Crippen LogP contribution < -0.4 is 0 Å². The molecule has 3 aliphatic heterocycles. The third kappa shape index (κ3) is 22.6. The van der Waals surface area contributed by atoms with E-state index in [0.717, 1.165) is 173 Å². The van der Waals surface area contributed by atoms with E-state index in [4.69, 9.17) is 28.8 Å². The molecule has 6 aliphatic rings. The van der Waals surface area contributed by atoms with Gasteiger partial charge in [0.25, 0.3) is 0 Å². The van der Waals surface area contributed by atoms with Crippen LogP contribution in [0.25, 0.3) is 0 Å². The van der Waals surface area contributed by atoms with Crippen molar-refractivity contribution in [2.45, 2.75) is 226 Å². The molecule has 0 radical (unpaired) electrons. The first-order valence-electron chi connectivity index (χ1n) is 32.6. The lowest BCUT2D eigenvalue weighted by Crippen LogP contribution is -2.33. The quantitative estimate of drug-likeness (QED) is 0.0199. The van der Waals surface area contributed by atoms with E-state index in [2.05, 4.69) is 93.7 Å². The number of carbonyl (C=O) groups excluding carboxylic acids is 8. The highest BCUT2D eigenvalue weighted by Crippen LogP contribution is 2.45. The fraction of sp³-hybridized carbons (Fsp3) is 0.696. The van der Waals surface area contributed by atoms with Gasteiger partial charge in [0, 0.05) is 37.0 Å². The smallest absolute Gasteiger partial charge is 0.318 e. The second-order valence-electron chi connectivity index (χ2n) is 24.3. The van der Waals surface area contributed by atoms with Gasteiger partial charge < -0.3 is 28.8 Å². The van der Waals surface area contributed by atoms with Gasteiger partial charge in [-0.3, -0.25) is 43.2 Å². The minimum atomic E-state index is -0.724. The van der Waals surface area contributed by atoms with Gasteiger partial charge in [-0.25, -0.2) is 0 Å². The summed E-state index contributed by atoms with van der Waals surface area (Å²) in [5, 5.41) is 8.60. The Balaban J connectivity index is 0.000000398. The average molecular weight is 1170 g/mol. The van der Waals surface area contributed by atoms with Crippen molar-refractivity contribution in [2.75, 3.05) is 6.61 Å². The van der Waals surface area contributed by atoms with Gasteiger partial charge >= 0.3 is 53.7 Å². The van der Waals surface area contributed by atoms with Gasteiger partial charge in [0.2, 0.25) is 0 Å². The zero-order valence-corrected chi connectivity index (χ0v) is 51.0. The Morgan fingerprint density at radius 3 is 1.08 bits per heavy atom. The number of aliphatic carboxylic acids is 1. The Morgan fingerprint density at radius 2 is 0.738 bits per heavy atom. The fourth-order valence-electron chi connectivity index (χ4n) is 12.9. The summed E-state index contributed by atoms with van der Waals surface area (Å²) in [6.45, 7) is 8.17. The van der Waals surface area contributed by atoms with Crippen LogP contribution in [0.4, 0.5) is 0 Å². The molecule has 13 unspecified atom stereocenters. The Morgan fingerprint density at radius 1 is 0.429 bits per heavy atom. The molecule has 0 bridgehead atoms. The molecule has 466 valence electrons. The summed E-state index contributed by atoms with van der Waals surface area (Å²) in [6, 6.07) is 0. The molecule has 13 atom stereocenters. The number of cyclic esters (lactones) is 6. The van der Waals surface area contributed by atoms with Crippen molar-refractivity contribution < 1.29 is 71.9 Å². The normalized spacial score (nSPS) is 27.1. The number of esters is 8. The first-order valence-corrected chi connectivity index (χ1v) is 32.6. The highest BCUT2D eigenvalue weighted by atomic mass is 16.6. The molecule has 15 heteroatoms. The molecule has 0 aromatic heterocycles. The topological polar surface area (TPSA) is 220 Å². The number of carboxylic acid groups (broad SMARTS) is 1. The molecule has 0 aromatic carbocycles. The molecule has 15 nitrogen and oxygen atoms in total. The predicted molar refractivity (Wildman–Crippen MR) is 320 cm³/mol. The number of hydrogen-bond acceptors (Lipinski definition) is 14. The number of unbranched alkanes of at least 4 members (excludes halogenated alkanes) is 18. The van der Waals surface area contributed by atoms with Crippen LogP contribution in [0.15, 0.2) is 72.9 Å². The van der Waals surface area contributed by atoms with E-state index in [9.17, 15) is 43.2 Å². The molecule has 0 spiro atoms. The molecule has 3 saturated heterocycles. The second-order valence-corrected chi connectivity index (χ2v) is 24.3. The SMILES string of the molecule is CCCCC1C=CC(/C=C/CCCCCCCC(=O)O)C2C(=O)OC(=O)C12.CCCCC1C=CC(/C=C/CCCCCCCC(=O)OCC(C)OC(=O)CCCCCCC/C=C/C2C=CC(CCCC)C3C(=O)OC(=O)C23)C2C(=O)OC(=O)C12. The number of carboxylic acids is 1. The Hall–Kier alpha value is -5.73. The number of allylic oxidation sites excluding steroid dienone is 12. The van der Waals surface area contributed by atoms with Gasteiger partial charge in [-0.1, -0.05) is 190 Å². The number of rotatable bonds is 39. The Bertz CT molecular complexity index is 2320. The van der Waals surface area contributed by atoms with E-state index in [-0.39, 0.29) is 120 Å². The van der Waals surface area contributed by atoms with Gasteiger partial charge in [-0.15, -0.1) is 0 Å². The van der Waals surface area contributed by atoms with Gasteiger partial charge in [-0.05, 0) is 102 Å². The lowest BCUT2D eigenvalue weighted by molar-refractivity contribution is -0.158. The average Bonchev–Trinajstić information content (AvgIpc) is 4.30. The van der Waals surface area contributed by atoms with Crippen LogP contribution in [0.3, 0.4) is 0 Å². The first kappa shape index (κ1) is 69.0. The van der Waals surface area contributed by atoms with Crippen LogP contribution in [-0.4, -0.2) is 71.5 Å². The van der Waals surface area contributed by atoms with Crippen LogP contribution in [0.5, 0.6) is 0 Å². The van der Waals surface area contributed by atoms with E-state index in [1.165, 1.54) is 0 Å². The lowest BCUT2D eigenvalue weighted by Gasteiger charge is -2.29. The molecular weight excluding hydrogens is 1070 g/mol. The molecule has 0 saturated carbocycles. The molecule has 3 heterocycles. The zero-order valence-electron chi connectivity index (χ0n) is 51.0. The van der Waals surface area contributed by atoms with Gasteiger partial charge in [0.05, 0.1) is 35.5 Å². The minimum absolute atomic E-state index is 0.0533. The van der Waals surface area contributed by atoms with Gasteiger partial charge in [-0.2, -0.15) is 0 Å². The van der Waals surface area contributed by atoms with Crippen molar-refractivity contribution >= 4 is 53.7 Å². The number of ether oxygens (including phenoxy) is 5. The standard InChI is InChI=1S/C47H68O10.C22H32O5/c1-4-6-22-34-28-30-36(42-40(34)44(50)56-46(42)52)24-18-14-10-8-12-16-20-26-38(48)54-32-33(3)55-39(49)27-21-17-13-9-11-15-19-25-37-31-29-35(23-7-5-2)41-43(37)47(53)57-45(41)51;1-2-3-11-16-14-15-17(20-19(16)21(25)27-22(20)26)12-9-7-5-4-6-8-10-13-18(23)24/h18-19,24-25,28-31,33-37,40-43H,4-17,20-23,26-27,32H2,1-3H3;9,12,14-17,19-20H,2-8,10-11,13H2,1H3,(H,23,24)/b24-18+,25-19+;12-9+. The van der Waals surface area contributed by atoms with Crippen molar-refractivity contribution in [3.63, 3.8) is 0 Å². The fourth-order valence-corrected chi connectivity index (χ4v) is 12.9. The summed E-state index contributed by atoms with van der Waals surface area (Å²) in [4.78, 5) is 109. The van der Waals surface area contributed by atoms with Crippen molar-refractivity contribution in [2.24, 2.45) is 71.0 Å². The highest BCUT2D eigenvalue weighted by Gasteiger charge is 2.54. The third-order valence-electron chi connectivity index (χ3n) is 17.6. The number of hydrogen-bond donors (Lipinski definition) is 1. The maximum Gasteiger partial charge on any atom is 0.318 e. The minimum Gasteiger partial charge on any atom is -0.481 e. The first-order chi connectivity index (χ1) is 40.7. The van der Waals surface area contributed by atoms with E-state index < -0.39 is 23.9 Å². The van der Waals surface area contributed by atoms with Crippen LogP contribution in [0.1, 0.15) is 220 Å². The summed E-state index contributed by atoms with van der Waals surface area (Å²) in [6.07, 6.45) is 51.6. The predicted octanol–water partition coefficient (Wildman–Crippen LogP) is 14.3. The third-order valence-corrected chi connectivity index (χ3v) is 17.6. The molecule has 3 fully saturated rings. The van der Waals surface area contributed by atoms with E-state index in [1.807, 2.05) is 0 Å². The molecule has 0 amide bonds. The van der Waals surface area contributed by atoms with E-state index >= 15 is 0 Å². The molecule has 3 aliphatic carbocycles. The van der Waals surface area contributed by atoms with Crippen molar-refractivity contribution in [1.82, 2.24) is 0 Å². The van der Waals surface area contributed by atoms with Gasteiger partial charge in [0.15, 0.2) is 0 Å². The van der Waals surface area contributed by atoms with Crippen molar-refractivity contribution in [1.29, 1.82) is 0 Å². The Kier molecular flexibility index (Phi) is 31.5. The molecule has 84 heavy (non-hydrogen) atoms. The van der Waals surface area contributed by atoms with Crippen molar-refractivity contribution in [3.8, 4) is 0 Å². The summed E-state index contributed by atoms with van der Waals surface area (Å²) < 4.78 is 25.8. The summed E-state index contributed by atoms with van der Waals surface area (Å²) in [5.74, 6) is -5.68. The van der Waals surface area contributed by atoms with Crippen LogP contribution in [0.2, 0.25) is 0 Å². The summed E-state index contributed by atoms with van der Waals surface area (Å²) in [5.41, 5.74) is 0. The monoisotopic (exact) mass is 1170 g/mol. The maximum atomic E-state index is 12.4. The lowest BCUT2D eigenvalue weighted by atomic mass is 9.70. The molecule has 6 rings (SSSR count). The van der Waals surface area contributed by atoms with Crippen LogP contribution >= 0.6 is 0 Å². The number of fused-ring (bicyclic) bond motifs is 3. The van der Waals surface area contributed by atoms with Crippen LogP contribution in [-0.2, 0) is 66.8 Å².